The summed E-state index contributed by atoms with van der Waals surface area (Å²) in [5.41, 5.74) is 3.24. The summed E-state index contributed by atoms with van der Waals surface area (Å²) in [6.45, 7) is 0. The number of nitrogens with zero attached hydrogens (tertiary/aromatic N) is 1. The second-order valence-corrected chi connectivity index (χ2v) is 7.28. The standard InChI is InChI=1S/C22H15ClN2O3/c23-18-8-4-3-7-17(18)19-12-22(28-24-19)13-20(26)25(21(22)27)16-10-9-14-5-1-2-6-15(14)11-16/h1-12,24H,13H2/t22-/m0/s1. The number of anilines is 1. The van der Waals surface area contributed by atoms with E-state index < -0.39 is 11.5 Å². The molecule has 3 aromatic carbocycles. The average Bonchev–Trinajstić information content (AvgIpc) is 3.23. The van der Waals surface area contributed by atoms with Gasteiger partial charge in [-0.05, 0) is 35.0 Å². The number of nitrogens with one attached hydrogen (secondary N) is 1. The Morgan fingerprint density at radius 3 is 2.54 bits per heavy atom. The summed E-state index contributed by atoms with van der Waals surface area (Å²) >= 11 is 6.25. The number of imide groups is 1. The largest absolute Gasteiger partial charge is 0.274 e. The first-order valence-electron chi connectivity index (χ1n) is 8.85. The summed E-state index contributed by atoms with van der Waals surface area (Å²) in [6.07, 6.45) is 1.58. The van der Waals surface area contributed by atoms with Gasteiger partial charge in [-0.25, -0.2) is 4.90 Å². The Kier molecular flexibility index (Phi) is 3.75. The Hall–Kier alpha value is -3.15. The maximum absolute atomic E-state index is 13.2. The maximum atomic E-state index is 13.2. The number of fused-ring (bicyclic) bond motifs is 1. The van der Waals surface area contributed by atoms with Crippen LogP contribution in [0.3, 0.4) is 0 Å². The molecule has 0 aliphatic carbocycles. The van der Waals surface area contributed by atoms with Crippen molar-refractivity contribution in [2.45, 2.75) is 12.0 Å². The van der Waals surface area contributed by atoms with E-state index in [-0.39, 0.29) is 12.3 Å². The highest BCUT2D eigenvalue weighted by Gasteiger charge is 2.55. The van der Waals surface area contributed by atoms with Crippen molar-refractivity contribution in [1.82, 2.24) is 5.48 Å². The van der Waals surface area contributed by atoms with Crippen LogP contribution in [0.5, 0.6) is 0 Å². The molecular weight excluding hydrogens is 376 g/mol. The van der Waals surface area contributed by atoms with Gasteiger partial charge in [0.05, 0.1) is 17.8 Å². The fourth-order valence-corrected chi connectivity index (χ4v) is 3.94. The minimum absolute atomic E-state index is 0.0698. The van der Waals surface area contributed by atoms with Crippen LogP contribution in [0.4, 0.5) is 5.69 Å². The van der Waals surface area contributed by atoms with E-state index in [4.69, 9.17) is 16.4 Å². The molecule has 5 rings (SSSR count). The number of amides is 2. The zero-order valence-corrected chi connectivity index (χ0v) is 15.4. The second-order valence-electron chi connectivity index (χ2n) is 6.87. The Labute approximate surface area is 166 Å². The Morgan fingerprint density at radius 1 is 0.964 bits per heavy atom. The van der Waals surface area contributed by atoms with E-state index in [1.54, 1.807) is 18.2 Å². The predicted molar refractivity (Wildman–Crippen MR) is 107 cm³/mol. The number of carbonyl (C=O) groups is 2. The molecule has 2 aliphatic heterocycles. The highest BCUT2D eigenvalue weighted by Crippen LogP contribution is 2.39. The lowest BCUT2D eigenvalue weighted by atomic mass is 9.99. The first-order valence-corrected chi connectivity index (χ1v) is 9.23. The molecule has 28 heavy (non-hydrogen) atoms. The van der Waals surface area contributed by atoms with E-state index in [0.717, 1.165) is 10.8 Å². The minimum Gasteiger partial charge on any atom is -0.274 e. The quantitative estimate of drug-likeness (QED) is 0.670. The van der Waals surface area contributed by atoms with Gasteiger partial charge in [0.15, 0.2) is 0 Å². The second kappa shape index (κ2) is 6.19. The molecule has 0 bridgehead atoms. The van der Waals surface area contributed by atoms with Gasteiger partial charge in [0.1, 0.15) is 0 Å². The van der Waals surface area contributed by atoms with Gasteiger partial charge in [0.2, 0.25) is 11.5 Å². The van der Waals surface area contributed by atoms with Gasteiger partial charge in [0, 0.05) is 10.6 Å². The van der Waals surface area contributed by atoms with Crippen LogP contribution in [0, 0.1) is 0 Å². The van der Waals surface area contributed by atoms with Crippen molar-refractivity contribution in [1.29, 1.82) is 0 Å². The normalized spacial score (nSPS) is 21.5. The van der Waals surface area contributed by atoms with Crippen molar-refractivity contribution in [3.05, 3.63) is 83.4 Å². The number of carbonyl (C=O) groups excluding carboxylic acids is 2. The van der Waals surface area contributed by atoms with Crippen molar-refractivity contribution in [2.24, 2.45) is 0 Å². The number of hydroxylamine groups is 1. The molecule has 0 saturated carbocycles. The van der Waals surface area contributed by atoms with E-state index in [9.17, 15) is 9.59 Å². The summed E-state index contributed by atoms with van der Waals surface area (Å²) in [4.78, 5) is 32.8. The molecule has 2 aliphatic rings. The third-order valence-corrected chi connectivity index (χ3v) is 5.43. The SMILES string of the molecule is O=C1C[C@@]2(C=C(c3ccccc3Cl)NO2)C(=O)N1c1ccc2ccccc2c1. The number of halogens is 1. The minimum atomic E-state index is -1.36. The molecule has 0 aromatic heterocycles. The average molecular weight is 391 g/mol. The van der Waals surface area contributed by atoms with Crippen molar-refractivity contribution < 1.29 is 14.4 Å². The number of benzene rings is 3. The fourth-order valence-electron chi connectivity index (χ4n) is 3.70. The summed E-state index contributed by atoms with van der Waals surface area (Å²) in [7, 11) is 0. The molecule has 1 saturated heterocycles. The third-order valence-electron chi connectivity index (χ3n) is 5.10. The van der Waals surface area contributed by atoms with Crippen LogP contribution in [0.15, 0.2) is 72.8 Å². The molecule has 0 radical (unpaired) electrons. The Morgan fingerprint density at radius 2 is 1.71 bits per heavy atom. The summed E-state index contributed by atoms with van der Waals surface area (Å²) in [5, 5.41) is 2.53. The van der Waals surface area contributed by atoms with Gasteiger partial charge in [-0.3, -0.25) is 19.9 Å². The van der Waals surface area contributed by atoms with E-state index in [1.165, 1.54) is 4.90 Å². The highest BCUT2D eigenvalue weighted by molar-refractivity contribution is 6.32. The van der Waals surface area contributed by atoms with Crippen molar-refractivity contribution >= 4 is 45.6 Å². The van der Waals surface area contributed by atoms with Gasteiger partial charge in [-0.1, -0.05) is 60.1 Å². The van der Waals surface area contributed by atoms with Crippen LogP contribution < -0.4 is 10.4 Å². The third kappa shape index (κ3) is 2.52. The molecule has 1 N–H and O–H groups in total. The summed E-state index contributed by atoms with van der Waals surface area (Å²) < 4.78 is 0. The lowest BCUT2D eigenvalue weighted by Crippen LogP contribution is -2.40. The molecule has 1 spiro atoms. The molecule has 138 valence electrons. The summed E-state index contributed by atoms with van der Waals surface area (Å²) in [6, 6.07) is 20.6. The van der Waals surface area contributed by atoms with Gasteiger partial charge in [-0.2, -0.15) is 0 Å². The van der Waals surface area contributed by atoms with E-state index in [1.807, 2.05) is 54.6 Å². The van der Waals surface area contributed by atoms with Gasteiger partial charge >= 0.3 is 0 Å². The molecule has 2 amide bonds. The van der Waals surface area contributed by atoms with Crippen LogP contribution in [0.2, 0.25) is 5.02 Å². The van der Waals surface area contributed by atoms with Crippen molar-refractivity contribution in [3.63, 3.8) is 0 Å². The van der Waals surface area contributed by atoms with E-state index >= 15 is 0 Å². The molecule has 6 heteroatoms. The van der Waals surface area contributed by atoms with Crippen molar-refractivity contribution in [3.8, 4) is 0 Å². The summed E-state index contributed by atoms with van der Waals surface area (Å²) in [5.74, 6) is -0.721. The first-order chi connectivity index (χ1) is 13.6. The van der Waals surface area contributed by atoms with Crippen LogP contribution in [-0.4, -0.2) is 17.4 Å². The lowest BCUT2D eigenvalue weighted by molar-refractivity contribution is -0.136. The molecular formula is C22H15ClN2O3. The Balaban J connectivity index is 1.53. The molecule has 0 unspecified atom stereocenters. The first kappa shape index (κ1) is 17.0. The topological polar surface area (TPSA) is 58.6 Å². The molecule has 5 nitrogen and oxygen atoms in total. The predicted octanol–water partition coefficient (Wildman–Crippen LogP) is 4.07. The number of hydrogen-bond donors (Lipinski definition) is 1. The number of hydrogen-bond acceptors (Lipinski definition) is 4. The lowest BCUT2D eigenvalue weighted by Gasteiger charge is -2.19. The Bertz CT molecular complexity index is 1170. The van der Waals surface area contributed by atoms with Crippen LogP contribution >= 0.6 is 11.6 Å². The van der Waals surface area contributed by atoms with Crippen LogP contribution in [-0.2, 0) is 14.4 Å². The van der Waals surface area contributed by atoms with E-state index in [2.05, 4.69) is 5.48 Å². The maximum Gasteiger partial charge on any atom is 0.273 e. The number of rotatable bonds is 2. The van der Waals surface area contributed by atoms with Crippen LogP contribution in [0.25, 0.3) is 16.5 Å². The van der Waals surface area contributed by atoms with Gasteiger partial charge in [0.25, 0.3) is 5.91 Å². The molecule has 2 heterocycles. The fraction of sp³-hybridized carbons (Fsp3) is 0.0909. The zero-order valence-electron chi connectivity index (χ0n) is 14.7. The molecule has 3 aromatic rings. The molecule has 1 fully saturated rings. The smallest absolute Gasteiger partial charge is 0.273 e. The van der Waals surface area contributed by atoms with Gasteiger partial charge in [-0.15, -0.1) is 0 Å². The highest BCUT2D eigenvalue weighted by atomic mass is 35.5. The monoisotopic (exact) mass is 390 g/mol. The van der Waals surface area contributed by atoms with Crippen molar-refractivity contribution in [2.75, 3.05) is 4.90 Å². The van der Waals surface area contributed by atoms with Crippen LogP contribution in [0.1, 0.15) is 12.0 Å². The molecule has 1 atom stereocenters. The van der Waals surface area contributed by atoms with E-state index in [0.29, 0.717) is 22.0 Å². The van der Waals surface area contributed by atoms with Gasteiger partial charge < -0.3 is 0 Å². The zero-order chi connectivity index (χ0) is 19.3.